The summed E-state index contributed by atoms with van der Waals surface area (Å²) in [7, 11) is 0. The van der Waals surface area contributed by atoms with Crippen molar-refractivity contribution < 1.29 is 8.83 Å². The maximum absolute atomic E-state index is 6.27. The Labute approximate surface area is 812 Å². The molecule has 0 aliphatic heterocycles. The Morgan fingerprint density at radius 3 is 1.10 bits per heavy atom. The van der Waals surface area contributed by atoms with Crippen molar-refractivity contribution in [1.82, 2.24) is 27.4 Å². The van der Waals surface area contributed by atoms with Crippen molar-refractivity contribution in [3.05, 3.63) is 497 Å². The molecule has 0 saturated carbocycles. The molecule has 0 aliphatic carbocycles. The van der Waals surface area contributed by atoms with E-state index in [0.717, 1.165) is 77.8 Å². The average molecular weight is 1810 g/mol. The molecule has 8 heterocycles. The van der Waals surface area contributed by atoms with Crippen LogP contribution < -0.4 is 0 Å². The summed E-state index contributed by atoms with van der Waals surface area (Å²) >= 11 is 0. The molecule has 0 saturated heterocycles. The molecule has 0 aliphatic rings. The fourth-order valence-electron chi connectivity index (χ4n) is 23.7. The first-order valence-electron chi connectivity index (χ1n) is 48.7. The summed E-state index contributed by atoms with van der Waals surface area (Å²) in [5.74, 6) is 0. The lowest BCUT2D eigenvalue weighted by Crippen LogP contribution is -1.97. The van der Waals surface area contributed by atoms with Gasteiger partial charge in [-0.05, 0) is 241 Å². The van der Waals surface area contributed by atoms with Crippen LogP contribution in [0.2, 0.25) is 0 Å². The van der Waals surface area contributed by atoms with Crippen LogP contribution in [0.25, 0.3) is 285 Å². The van der Waals surface area contributed by atoms with Gasteiger partial charge in [-0.1, -0.05) is 322 Å². The van der Waals surface area contributed by atoms with Crippen LogP contribution in [0.3, 0.4) is 0 Å². The van der Waals surface area contributed by atoms with Crippen LogP contribution in [0, 0.1) is 0 Å². The molecular weight excluding hydrogens is 1730 g/mol. The zero-order chi connectivity index (χ0) is 92.9. The van der Waals surface area contributed by atoms with Crippen molar-refractivity contribution in [3.8, 4) is 56.4 Å². The molecule has 32 aromatic rings. The number of aromatic nitrogens is 6. The van der Waals surface area contributed by atoms with Crippen LogP contribution in [-0.4, -0.2) is 27.4 Å². The van der Waals surface area contributed by atoms with Gasteiger partial charge in [-0.15, -0.1) is 0 Å². The number of nitrogens with zero attached hydrogens (tertiary/aromatic N) is 6. The molecule has 0 amide bonds. The van der Waals surface area contributed by atoms with Crippen LogP contribution in [0.15, 0.2) is 506 Å². The topological polar surface area (TPSA) is 55.9 Å². The molecule has 8 aromatic heterocycles. The summed E-state index contributed by atoms with van der Waals surface area (Å²) in [4.78, 5) is 0. The molecule has 0 radical (unpaired) electrons. The highest BCUT2D eigenvalue weighted by atomic mass is 16.3. The smallest absolute Gasteiger partial charge is 0.136 e. The van der Waals surface area contributed by atoms with Crippen molar-refractivity contribution in [2.45, 2.75) is 0 Å². The first-order valence-corrected chi connectivity index (χ1v) is 48.7. The van der Waals surface area contributed by atoms with Crippen LogP contribution in [-0.2, 0) is 0 Å². The Kier molecular flexibility index (Phi) is 17.4. The van der Waals surface area contributed by atoms with E-state index in [-0.39, 0.29) is 0 Å². The lowest BCUT2D eigenvalue weighted by molar-refractivity contribution is 0.668. The van der Waals surface area contributed by atoms with Crippen LogP contribution >= 0.6 is 0 Å². The summed E-state index contributed by atoms with van der Waals surface area (Å²) in [5, 5.41) is 32.3. The minimum Gasteiger partial charge on any atom is -0.456 e. The van der Waals surface area contributed by atoms with Gasteiger partial charge in [0.2, 0.25) is 0 Å². The molecule has 24 aromatic carbocycles. The van der Waals surface area contributed by atoms with E-state index in [1.54, 1.807) is 0 Å². The highest BCUT2D eigenvalue weighted by molar-refractivity contribution is 6.28. The highest BCUT2D eigenvalue weighted by Crippen LogP contribution is 2.49. The monoisotopic (exact) mass is 1810 g/mol. The van der Waals surface area contributed by atoms with E-state index in [4.69, 9.17) is 8.83 Å². The molecule has 0 atom stereocenters. The predicted octanol–water partition coefficient (Wildman–Crippen LogP) is 36.5. The number of rotatable bonds is 8. The van der Waals surface area contributed by atoms with Crippen LogP contribution in [0.5, 0.6) is 0 Å². The predicted molar refractivity (Wildman–Crippen MR) is 598 cm³/mol. The van der Waals surface area contributed by atoms with Gasteiger partial charge in [0.15, 0.2) is 0 Å². The third-order valence-corrected chi connectivity index (χ3v) is 30.0. The number of furan rings is 2. The van der Waals surface area contributed by atoms with E-state index in [2.05, 4.69) is 501 Å². The number of hydrogen-bond donors (Lipinski definition) is 0. The first kappa shape index (κ1) is 79.2. The molecular formula is C134H82N6O2. The third-order valence-electron chi connectivity index (χ3n) is 30.0. The number of benzene rings is 24. The van der Waals surface area contributed by atoms with E-state index < -0.39 is 0 Å². The van der Waals surface area contributed by atoms with Crippen LogP contribution in [0.1, 0.15) is 0 Å². The lowest BCUT2D eigenvalue weighted by Gasteiger charge is -2.14. The van der Waals surface area contributed by atoms with Gasteiger partial charge >= 0.3 is 0 Å². The third kappa shape index (κ3) is 12.1. The second-order valence-electron chi connectivity index (χ2n) is 37.7. The van der Waals surface area contributed by atoms with Gasteiger partial charge in [0.1, 0.15) is 22.3 Å². The minimum absolute atomic E-state index is 0.907. The van der Waals surface area contributed by atoms with E-state index in [0.29, 0.717) is 0 Å². The van der Waals surface area contributed by atoms with Crippen molar-refractivity contribution in [2.24, 2.45) is 0 Å². The van der Waals surface area contributed by atoms with Gasteiger partial charge in [0, 0.05) is 125 Å². The van der Waals surface area contributed by atoms with Crippen LogP contribution in [0.4, 0.5) is 0 Å². The summed E-state index contributed by atoms with van der Waals surface area (Å²) < 4.78 is 27.1. The molecule has 660 valence electrons. The van der Waals surface area contributed by atoms with Crippen molar-refractivity contribution in [1.29, 1.82) is 0 Å². The van der Waals surface area contributed by atoms with Gasteiger partial charge < -0.3 is 36.2 Å². The van der Waals surface area contributed by atoms with Gasteiger partial charge in [0.05, 0.1) is 71.9 Å². The molecule has 8 heteroatoms. The molecule has 8 nitrogen and oxygen atoms in total. The zero-order valence-electron chi connectivity index (χ0n) is 76.8. The van der Waals surface area contributed by atoms with E-state index >= 15 is 0 Å². The molecule has 0 bridgehead atoms. The first-order chi connectivity index (χ1) is 70.4. The SMILES string of the molecule is c1ccc(-n2c3cc4c(cc3c3c5ccccc5ccc32)c2ccccc2n4-c2cccc(-c3ccc4oc5ccccc5c4c3)c2)cc1.c1ccc(-n2c3cc4c(cc3c3ccc5ccccc5c32)c2ccccc2n4-c2cccc(-c3ccc4c(c3)oc3ccccc34)c2)cc1.c1ccc(-n2c3cc4ccccc4cc3c3cc4c5ccccc5n(-c5cc6ccccc6c6ccccc56)c4cc32)cc1. The maximum atomic E-state index is 6.27. The largest absolute Gasteiger partial charge is 0.456 e. The standard InChI is InChI=1S/2C46H28N2O.C42H26N2/c1-2-13-32(14-3-1)48-43-28-42-39(27-40(43)38-24-21-29-11-4-5-16-34(29)46(38)48)35-17-6-8-19-41(35)47(42)33-15-10-12-30(25-33)31-22-23-37-36-18-7-9-20-44(36)49-45(37)26-31;1-2-13-32(14-3-1)47-41-23-21-29-11-4-5-16-34(29)46(41)39-27-37-35-17-6-8-19-40(35)48(42(37)28-43(39)47)33-15-10-12-30(25-33)31-22-24-45-38(26-31)36-18-7-9-20-44(36)49-45;1-2-15-30(16-3-1)43-40-23-28-13-5-4-12-27(28)22-35(40)37-25-36-34-20-10-11-21-38(34)44(42(36)26-41(37)43)39-24-29-14-6-7-17-31(29)32-18-8-9-19-33(32)39/h2*1-28H;1-26H. The Morgan fingerprint density at radius 2 is 0.486 bits per heavy atom. The number of hydrogen-bond acceptors (Lipinski definition) is 2. The molecule has 0 fully saturated rings. The molecule has 0 N–H and O–H groups in total. The lowest BCUT2D eigenvalue weighted by atomic mass is 10.00. The van der Waals surface area contributed by atoms with Gasteiger partial charge in [-0.25, -0.2) is 0 Å². The minimum atomic E-state index is 0.907. The summed E-state index contributed by atoms with van der Waals surface area (Å²) in [6, 6.07) is 181. The van der Waals surface area contributed by atoms with Crippen molar-refractivity contribution in [3.63, 3.8) is 0 Å². The average Bonchev–Trinajstić information content (AvgIpc) is 1.55. The Hall–Kier alpha value is -19.0. The van der Waals surface area contributed by atoms with Crippen molar-refractivity contribution >= 4 is 229 Å². The van der Waals surface area contributed by atoms with Crippen molar-refractivity contribution in [2.75, 3.05) is 0 Å². The van der Waals surface area contributed by atoms with Gasteiger partial charge in [0.25, 0.3) is 0 Å². The van der Waals surface area contributed by atoms with E-state index in [9.17, 15) is 0 Å². The zero-order valence-corrected chi connectivity index (χ0v) is 76.8. The van der Waals surface area contributed by atoms with E-state index in [1.807, 2.05) is 24.3 Å². The van der Waals surface area contributed by atoms with Gasteiger partial charge in [-0.3, -0.25) is 0 Å². The second-order valence-corrected chi connectivity index (χ2v) is 37.7. The summed E-state index contributed by atoms with van der Waals surface area (Å²) in [6.07, 6.45) is 0. The fraction of sp³-hybridized carbons (Fsp3) is 0. The Balaban J connectivity index is 0.0000000998. The second kappa shape index (κ2) is 31.3. The quantitative estimate of drug-likeness (QED) is 0.142. The maximum Gasteiger partial charge on any atom is 0.136 e. The number of para-hydroxylation sites is 8. The van der Waals surface area contributed by atoms with E-state index in [1.165, 1.54) is 207 Å². The molecule has 32 rings (SSSR count). The Bertz CT molecular complexity index is 10900. The highest BCUT2D eigenvalue weighted by Gasteiger charge is 2.27. The molecule has 0 spiro atoms. The van der Waals surface area contributed by atoms with Gasteiger partial charge in [-0.2, -0.15) is 0 Å². The Morgan fingerprint density at radius 1 is 0.127 bits per heavy atom. The summed E-state index contributed by atoms with van der Waals surface area (Å²) in [5.41, 5.74) is 29.7. The normalized spacial score (nSPS) is 12.1. The molecule has 142 heavy (non-hydrogen) atoms. The summed E-state index contributed by atoms with van der Waals surface area (Å²) in [6.45, 7) is 0. The fourth-order valence-corrected chi connectivity index (χ4v) is 23.7. The number of fused-ring (bicyclic) bond motifs is 32. The molecule has 0 unspecified atom stereocenters.